The van der Waals surface area contributed by atoms with Gasteiger partial charge in [0, 0.05) is 10.9 Å². The molecule has 0 radical (unpaired) electrons. The monoisotopic (exact) mass is 319 g/mol. The molecule has 1 N–H and O–H groups in total. The van der Waals surface area contributed by atoms with Gasteiger partial charge in [0.05, 0.1) is 5.02 Å². The molecule has 1 aliphatic rings. The quantitative estimate of drug-likeness (QED) is 0.786. The largest absolute Gasteiger partial charge is 0.312 e. The van der Waals surface area contributed by atoms with Gasteiger partial charge in [-0.3, -0.25) is 0 Å². The lowest BCUT2D eigenvalue weighted by Gasteiger charge is -2.28. The van der Waals surface area contributed by atoms with Gasteiger partial charge in [0.2, 0.25) is 0 Å². The molecule has 0 saturated heterocycles. The Labute approximate surface area is 136 Å². The maximum Gasteiger partial charge on any atom is 0.0590 e. The van der Waals surface area contributed by atoms with Crippen LogP contribution in [0.2, 0.25) is 5.02 Å². The van der Waals surface area contributed by atoms with Crippen LogP contribution in [0.25, 0.3) is 0 Å². The zero-order chi connectivity index (χ0) is 14.8. The lowest BCUT2D eigenvalue weighted by Crippen LogP contribution is -2.21. The van der Waals surface area contributed by atoms with Gasteiger partial charge >= 0.3 is 0 Å². The van der Waals surface area contributed by atoms with E-state index in [9.17, 15) is 0 Å². The summed E-state index contributed by atoms with van der Waals surface area (Å²) in [6.07, 6.45) is 4.95. The molecule has 2 unspecified atom stereocenters. The second-order valence-corrected chi connectivity index (χ2v) is 7.25. The van der Waals surface area contributed by atoms with E-state index in [0.717, 1.165) is 11.4 Å². The Hall–Kier alpha value is -0.830. The fourth-order valence-electron chi connectivity index (χ4n) is 3.42. The van der Waals surface area contributed by atoms with E-state index in [1.165, 1.54) is 35.3 Å². The highest BCUT2D eigenvalue weighted by atomic mass is 35.5. The Kier molecular flexibility index (Phi) is 4.68. The van der Waals surface area contributed by atoms with Gasteiger partial charge in [0.15, 0.2) is 0 Å². The Morgan fingerprint density at radius 1 is 1.38 bits per heavy atom. The first-order chi connectivity index (χ1) is 10.2. The molecule has 3 heteroatoms. The molecule has 1 aromatic carbocycles. The number of fused-ring (bicyclic) bond motifs is 1. The summed E-state index contributed by atoms with van der Waals surface area (Å²) >= 11 is 8.25. The smallest absolute Gasteiger partial charge is 0.0590 e. The van der Waals surface area contributed by atoms with Crippen molar-refractivity contribution in [3.05, 3.63) is 56.2 Å². The molecule has 0 amide bonds. The molecule has 3 rings (SSSR count). The number of nitrogens with one attached hydrogen (secondary N) is 1. The standard InChI is InChI=1S/C18H22ClNS/c1-12-11-21-18(17(12)19)16(20-2)10-14-8-5-7-13-6-3-4-9-15(13)14/h3-4,6,9,11,14,16,20H,5,7-8,10H2,1-2H3. The van der Waals surface area contributed by atoms with E-state index >= 15 is 0 Å². The SMILES string of the molecule is CNC(CC1CCCc2ccccc21)c1scc(C)c1Cl. The van der Waals surface area contributed by atoms with Crippen molar-refractivity contribution in [1.82, 2.24) is 5.32 Å². The third-order valence-electron chi connectivity index (χ3n) is 4.60. The summed E-state index contributed by atoms with van der Waals surface area (Å²) in [6, 6.07) is 9.29. The number of halogens is 1. The predicted octanol–water partition coefficient (Wildman–Crippen LogP) is 5.48. The van der Waals surface area contributed by atoms with Crippen LogP contribution in [0.4, 0.5) is 0 Å². The van der Waals surface area contributed by atoms with Crippen LogP contribution in [0.1, 0.15) is 52.8 Å². The Balaban J connectivity index is 1.84. The molecule has 0 spiro atoms. The van der Waals surface area contributed by atoms with Crippen LogP contribution in [0.5, 0.6) is 0 Å². The van der Waals surface area contributed by atoms with Crippen LogP contribution in [0.15, 0.2) is 29.6 Å². The summed E-state index contributed by atoms with van der Waals surface area (Å²) in [6.45, 7) is 2.09. The number of hydrogen-bond donors (Lipinski definition) is 1. The van der Waals surface area contributed by atoms with Gasteiger partial charge in [-0.1, -0.05) is 35.9 Å². The topological polar surface area (TPSA) is 12.0 Å². The molecule has 21 heavy (non-hydrogen) atoms. The van der Waals surface area contributed by atoms with E-state index < -0.39 is 0 Å². The summed E-state index contributed by atoms with van der Waals surface area (Å²) < 4.78 is 0. The van der Waals surface area contributed by atoms with E-state index in [1.807, 2.05) is 7.05 Å². The van der Waals surface area contributed by atoms with Crippen molar-refractivity contribution < 1.29 is 0 Å². The summed E-state index contributed by atoms with van der Waals surface area (Å²) in [7, 11) is 2.05. The molecule has 0 saturated carbocycles. The third-order valence-corrected chi connectivity index (χ3v) is 6.43. The first-order valence-corrected chi connectivity index (χ1v) is 8.95. The fourth-order valence-corrected chi connectivity index (χ4v) is 4.87. The Bertz CT molecular complexity index is 619. The van der Waals surface area contributed by atoms with Gasteiger partial charge < -0.3 is 5.32 Å². The Morgan fingerprint density at radius 2 is 2.19 bits per heavy atom. The Morgan fingerprint density at radius 3 is 2.90 bits per heavy atom. The zero-order valence-corrected chi connectivity index (χ0v) is 14.2. The van der Waals surface area contributed by atoms with E-state index in [2.05, 4.69) is 41.9 Å². The lowest BCUT2D eigenvalue weighted by atomic mass is 9.79. The highest BCUT2D eigenvalue weighted by Gasteiger charge is 2.25. The minimum absolute atomic E-state index is 0.354. The minimum Gasteiger partial charge on any atom is -0.312 e. The average molecular weight is 320 g/mol. The maximum absolute atomic E-state index is 6.47. The van der Waals surface area contributed by atoms with Gasteiger partial charge in [0.1, 0.15) is 0 Å². The molecule has 2 atom stereocenters. The summed E-state index contributed by atoms with van der Waals surface area (Å²) in [5, 5.41) is 6.59. The summed E-state index contributed by atoms with van der Waals surface area (Å²) in [5.41, 5.74) is 4.28. The van der Waals surface area contributed by atoms with Crippen molar-refractivity contribution in [2.24, 2.45) is 0 Å². The molecule has 112 valence electrons. The third kappa shape index (κ3) is 3.03. The average Bonchev–Trinajstić information content (AvgIpc) is 2.85. The van der Waals surface area contributed by atoms with Crippen molar-refractivity contribution in [1.29, 1.82) is 0 Å². The highest BCUT2D eigenvalue weighted by molar-refractivity contribution is 7.10. The normalized spacial score (nSPS) is 19.3. The number of hydrogen-bond acceptors (Lipinski definition) is 2. The first kappa shape index (κ1) is 15.1. The van der Waals surface area contributed by atoms with Crippen molar-refractivity contribution in [3.63, 3.8) is 0 Å². The molecule has 1 aromatic heterocycles. The number of thiophene rings is 1. The fraction of sp³-hybridized carbons (Fsp3) is 0.444. The number of aryl methyl sites for hydroxylation is 2. The molecule has 0 bridgehead atoms. The van der Waals surface area contributed by atoms with E-state index in [1.54, 1.807) is 16.9 Å². The number of rotatable bonds is 4. The van der Waals surface area contributed by atoms with Crippen molar-refractivity contribution in [2.75, 3.05) is 7.05 Å². The van der Waals surface area contributed by atoms with Crippen LogP contribution in [0, 0.1) is 6.92 Å². The van der Waals surface area contributed by atoms with Crippen molar-refractivity contribution >= 4 is 22.9 Å². The molecule has 2 aromatic rings. The lowest BCUT2D eigenvalue weighted by molar-refractivity contribution is 0.444. The van der Waals surface area contributed by atoms with Crippen LogP contribution < -0.4 is 5.32 Å². The maximum atomic E-state index is 6.47. The van der Waals surface area contributed by atoms with Gasteiger partial charge in [-0.25, -0.2) is 0 Å². The molecule has 1 aliphatic carbocycles. The molecular formula is C18H22ClNS. The molecular weight excluding hydrogens is 298 g/mol. The van der Waals surface area contributed by atoms with E-state index in [4.69, 9.17) is 11.6 Å². The number of benzene rings is 1. The van der Waals surface area contributed by atoms with Gasteiger partial charge in [-0.05, 0) is 67.6 Å². The summed E-state index contributed by atoms with van der Waals surface area (Å²) in [5.74, 6) is 0.644. The van der Waals surface area contributed by atoms with Gasteiger partial charge in [-0.15, -0.1) is 11.3 Å². The second kappa shape index (κ2) is 6.51. The molecule has 1 heterocycles. The zero-order valence-electron chi connectivity index (χ0n) is 12.7. The minimum atomic E-state index is 0.354. The molecule has 1 nitrogen and oxygen atoms in total. The van der Waals surface area contributed by atoms with Crippen LogP contribution in [-0.2, 0) is 6.42 Å². The van der Waals surface area contributed by atoms with Crippen molar-refractivity contribution in [2.45, 2.75) is 44.6 Å². The van der Waals surface area contributed by atoms with Crippen LogP contribution in [0.3, 0.4) is 0 Å². The van der Waals surface area contributed by atoms with E-state index in [0.29, 0.717) is 12.0 Å². The highest BCUT2D eigenvalue weighted by Crippen LogP contribution is 2.41. The van der Waals surface area contributed by atoms with Gasteiger partial charge in [0.25, 0.3) is 0 Å². The predicted molar refractivity (Wildman–Crippen MR) is 92.6 cm³/mol. The first-order valence-electron chi connectivity index (χ1n) is 7.69. The summed E-state index contributed by atoms with van der Waals surface area (Å²) in [4.78, 5) is 1.29. The van der Waals surface area contributed by atoms with Gasteiger partial charge in [-0.2, -0.15) is 0 Å². The molecule has 0 aliphatic heterocycles. The second-order valence-electron chi connectivity index (χ2n) is 5.96. The molecule has 0 fully saturated rings. The van der Waals surface area contributed by atoms with Crippen molar-refractivity contribution in [3.8, 4) is 0 Å². The van der Waals surface area contributed by atoms with Crippen LogP contribution >= 0.6 is 22.9 Å². The van der Waals surface area contributed by atoms with Crippen LogP contribution in [-0.4, -0.2) is 7.05 Å². The van der Waals surface area contributed by atoms with E-state index in [-0.39, 0.29) is 0 Å².